The molecule has 1 rings (SSSR count). The van der Waals surface area contributed by atoms with E-state index in [1.807, 2.05) is 18.2 Å². The third-order valence-corrected chi connectivity index (χ3v) is 2.33. The maximum atomic E-state index is 5.53. The zero-order valence-electron chi connectivity index (χ0n) is 5.34. The van der Waals surface area contributed by atoms with Crippen LogP contribution >= 0.6 is 28.6 Å². The summed E-state index contributed by atoms with van der Waals surface area (Å²) in [4.78, 5) is 0. The van der Waals surface area contributed by atoms with Crippen molar-refractivity contribution in [1.82, 2.24) is 0 Å². The predicted molar refractivity (Wildman–Crippen MR) is 51.2 cm³/mol. The number of hydrogen-bond donors (Lipinski definition) is 2. The second-order valence-electron chi connectivity index (χ2n) is 2.01. The molecule has 3 heteroatoms. The first-order valence-electron chi connectivity index (χ1n) is 2.89. The topological polar surface area (TPSA) is 26.0 Å². The quantitative estimate of drug-likeness (QED) is 0.549. The van der Waals surface area contributed by atoms with E-state index in [-0.39, 0.29) is 0 Å². The average Bonchev–Trinajstić information content (AvgIpc) is 1.88. The van der Waals surface area contributed by atoms with Gasteiger partial charge < -0.3 is 5.73 Å². The van der Waals surface area contributed by atoms with Gasteiger partial charge in [-0.15, -0.1) is 0 Å². The molecule has 10 heavy (non-hydrogen) atoms. The molecule has 54 valence electrons. The largest absolute Gasteiger partial charge is 0.399 e. The first-order valence-corrected chi connectivity index (χ1v) is 4.31. The molecule has 0 unspecified atom stereocenters. The van der Waals surface area contributed by atoms with Crippen LogP contribution in [0.5, 0.6) is 0 Å². The Bertz CT molecular complexity index is 237. The molecule has 0 fully saturated rings. The van der Waals surface area contributed by atoms with Gasteiger partial charge in [-0.2, -0.15) is 12.6 Å². The van der Waals surface area contributed by atoms with Crippen LogP contribution in [0.4, 0.5) is 5.69 Å². The van der Waals surface area contributed by atoms with Crippen LogP contribution in [0.2, 0.25) is 0 Å². The van der Waals surface area contributed by atoms with E-state index in [0.717, 1.165) is 21.5 Å². The normalized spacial score (nSPS) is 9.80. The second kappa shape index (κ2) is 3.30. The summed E-state index contributed by atoms with van der Waals surface area (Å²) >= 11 is 7.52. The molecule has 0 bridgehead atoms. The maximum Gasteiger partial charge on any atom is 0.0325 e. The highest BCUT2D eigenvalue weighted by molar-refractivity contribution is 9.10. The van der Waals surface area contributed by atoms with E-state index in [4.69, 9.17) is 5.73 Å². The Balaban J connectivity index is 3.07. The van der Waals surface area contributed by atoms with Crippen LogP contribution in [0.1, 0.15) is 5.56 Å². The summed E-state index contributed by atoms with van der Waals surface area (Å²) in [6.45, 7) is 0. The standard InChI is InChI=1S/C7H8BrNS/c8-7-3-6(9)2-1-5(7)4-10/h1-3,10H,4,9H2. The molecule has 1 aromatic carbocycles. The van der Waals surface area contributed by atoms with Gasteiger partial charge in [0.05, 0.1) is 0 Å². The third kappa shape index (κ3) is 1.67. The molecule has 0 saturated carbocycles. The number of thiol groups is 1. The highest BCUT2D eigenvalue weighted by atomic mass is 79.9. The van der Waals surface area contributed by atoms with Gasteiger partial charge in [0.25, 0.3) is 0 Å². The summed E-state index contributed by atoms with van der Waals surface area (Å²) in [6, 6.07) is 5.72. The summed E-state index contributed by atoms with van der Waals surface area (Å²) in [5, 5.41) is 0. The molecule has 0 aliphatic heterocycles. The Morgan fingerprint density at radius 3 is 2.70 bits per heavy atom. The van der Waals surface area contributed by atoms with E-state index in [9.17, 15) is 0 Å². The van der Waals surface area contributed by atoms with Gasteiger partial charge >= 0.3 is 0 Å². The Morgan fingerprint density at radius 1 is 1.50 bits per heavy atom. The number of benzene rings is 1. The summed E-state index contributed by atoms with van der Waals surface area (Å²) < 4.78 is 1.03. The van der Waals surface area contributed by atoms with Crippen molar-refractivity contribution in [2.24, 2.45) is 0 Å². The van der Waals surface area contributed by atoms with Crippen molar-refractivity contribution in [2.45, 2.75) is 5.75 Å². The number of hydrogen-bond acceptors (Lipinski definition) is 2. The van der Waals surface area contributed by atoms with Gasteiger partial charge in [-0.25, -0.2) is 0 Å². The van der Waals surface area contributed by atoms with Crippen molar-refractivity contribution < 1.29 is 0 Å². The number of nitrogens with two attached hydrogens (primary N) is 1. The van der Waals surface area contributed by atoms with E-state index in [2.05, 4.69) is 28.6 Å². The first kappa shape index (κ1) is 7.95. The molecule has 0 spiro atoms. The SMILES string of the molecule is Nc1ccc(CS)c(Br)c1. The van der Waals surface area contributed by atoms with Gasteiger partial charge in [-0.3, -0.25) is 0 Å². The van der Waals surface area contributed by atoms with E-state index < -0.39 is 0 Å². The number of anilines is 1. The van der Waals surface area contributed by atoms with Crippen LogP contribution in [0, 0.1) is 0 Å². The Labute approximate surface area is 74.2 Å². The first-order chi connectivity index (χ1) is 4.74. The molecule has 0 saturated heterocycles. The molecular weight excluding hydrogens is 210 g/mol. The van der Waals surface area contributed by atoms with E-state index >= 15 is 0 Å². The minimum Gasteiger partial charge on any atom is -0.399 e. The molecule has 0 radical (unpaired) electrons. The van der Waals surface area contributed by atoms with Crippen LogP contribution in [-0.2, 0) is 5.75 Å². The summed E-state index contributed by atoms with van der Waals surface area (Å²) in [5.41, 5.74) is 7.47. The lowest BCUT2D eigenvalue weighted by Crippen LogP contribution is -1.86. The minimum absolute atomic E-state index is 0.737. The fraction of sp³-hybridized carbons (Fsp3) is 0.143. The molecule has 2 N–H and O–H groups in total. The smallest absolute Gasteiger partial charge is 0.0325 e. The molecule has 0 aliphatic carbocycles. The second-order valence-corrected chi connectivity index (χ2v) is 3.18. The van der Waals surface area contributed by atoms with Crippen molar-refractivity contribution in [3.05, 3.63) is 28.2 Å². The van der Waals surface area contributed by atoms with Gasteiger partial charge in [0.1, 0.15) is 0 Å². The van der Waals surface area contributed by atoms with Crippen LogP contribution < -0.4 is 5.73 Å². The fourth-order valence-corrected chi connectivity index (χ4v) is 1.72. The van der Waals surface area contributed by atoms with Gasteiger partial charge in [0, 0.05) is 15.9 Å². The monoisotopic (exact) mass is 217 g/mol. The lowest BCUT2D eigenvalue weighted by molar-refractivity contribution is 1.39. The van der Waals surface area contributed by atoms with Crippen molar-refractivity contribution >= 4 is 34.2 Å². The fourth-order valence-electron chi connectivity index (χ4n) is 0.692. The molecule has 1 nitrogen and oxygen atoms in total. The highest BCUT2D eigenvalue weighted by Gasteiger charge is 1.95. The lowest BCUT2D eigenvalue weighted by Gasteiger charge is -2.00. The molecule has 1 aromatic rings. The zero-order chi connectivity index (χ0) is 7.56. The molecule has 0 amide bonds. The molecular formula is C7H8BrNS. The predicted octanol–water partition coefficient (Wildman–Crippen LogP) is 2.46. The van der Waals surface area contributed by atoms with Crippen LogP contribution in [-0.4, -0.2) is 0 Å². The van der Waals surface area contributed by atoms with E-state index in [1.165, 1.54) is 0 Å². The number of halogens is 1. The molecule has 0 atom stereocenters. The van der Waals surface area contributed by atoms with Gasteiger partial charge in [-0.05, 0) is 17.7 Å². The van der Waals surface area contributed by atoms with Crippen LogP contribution in [0.25, 0.3) is 0 Å². The number of rotatable bonds is 1. The van der Waals surface area contributed by atoms with Crippen LogP contribution in [0.3, 0.4) is 0 Å². The molecule has 0 aliphatic rings. The lowest BCUT2D eigenvalue weighted by atomic mass is 10.2. The Hall–Kier alpha value is -0.150. The summed E-state index contributed by atoms with van der Waals surface area (Å²) in [6.07, 6.45) is 0. The van der Waals surface area contributed by atoms with E-state index in [0.29, 0.717) is 0 Å². The van der Waals surface area contributed by atoms with Gasteiger partial charge in [0.15, 0.2) is 0 Å². The minimum atomic E-state index is 0.737. The zero-order valence-corrected chi connectivity index (χ0v) is 7.82. The van der Waals surface area contributed by atoms with Crippen molar-refractivity contribution in [3.63, 3.8) is 0 Å². The molecule has 0 heterocycles. The Morgan fingerprint density at radius 2 is 2.20 bits per heavy atom. The highest BCUT2D eigenvalue weighted by Crippen LogP contribution is 2.20. The number of nitrogen functional groups attached to an aromatic ring is 1. The third-order valence-electron chi connectivity index (χ3n) is 1.25. The van der Waals surface area contributed by atoms with Crippen molar-refractivity contribution in [3.8, 4) is 0 Å². The van der Waals surface area contributed by atoms with E-state index in [1.54, 1.807) is 0 Å². The summed E-state index contributed by atoms with van der Waals surface area (Å²) in [7, 11) is 0. The summed E-state index contributed by atoms with van der Waals surface area (Å²) in [5.74, 6) is 0.737. The van der Waals surface area contributed by atoms with Gasteiger partial charge in [0.2, 0.25) is 0 Å². The maximum absolute atomic E-state index is 5.53. The average molecular weight is 218 g/mol. The Kier molecular flexibility index (Phi) is 2.63. The van der Waals surface area contributed by atoms with Crippen molar-refractivity contribution in [1.29, 1.82) is 0 Å². The molecule has 0 aromatic heterocycles. The van der Waals surface area contributed by atoms with Crippen LogP contribution in [0.15, 0.2) is 22.7 Å². The van der Waals surface area contributed by atoms with Gasteiger partial charge in [-0.1, -0.05) is 22.0 Å². The van der Waals surface area contributed by atoms with Crippen molar-refractivity contribution in [2.75, 3.05) is 5.73 Å².